The fourth-order valence-corrected chi connectivity index (χ4v) is 2.60. The molecule has 0 saturated carbocycles. The maximum absolute atomic E-state index is 11.2. The summed E-state index contributed by atoms with van der Waals surface area (Å²) in [7, 11) is -3.06. The van der Waals surface area contributed by atoms with Crippen molar-refractivity contribution in [2.45, 2.75) is 18.3 Å². The van der Waals surface area contributed by atoms with Crippen molar-refractivity contribution in [3.63, 3.8) is 0 Å². The third kappa shape index (κ3) is 1.72. The van der Waals surface area contributed by atoms with E-state index in [4.69, 9.17) is 0 Å². The highest BCUT2D eigenvalue weighted by atomic mass is 32.2. The molecule has 1 fully saturated rings. The molecule has 4 nitrogen and oxygen atoms in total. The van der Waals surface area contributed by atoms with E-state index in [0.717, 1.165) is 0 Å². The topological polar surface area (TPSA) is 66.4 Å². The van der Waals surface area contributed by atoms with Gasteiger partial charge in [-0.1, -0.05) is 6.92 Å². The molecule has 0 aromatic carbocycles. The highest BCUT2D eigenvalue weighted by Gasteiger charge is 2.34. The molecule has 2 N–H and O–H groups in total. The number of rotatable bonds is 2. The summed E-state index contributed by atoms with van der Waals surface area (Å²) in [6, 6.07) is 0. The largest absolute Gasteiger partial charge is 0.390 e. The number of aliphatic hydroxyl groups is 1. The summed E-state index contributed by atoms with van der Waals surface area (Å²) in [5, 5.41) is 11.5. The van der Waals surface area contributed by atoms with Crippen LogP contribution >= 0.6 is 0 Å². The highest BCUT2D eigenvalue weighted by Crippen LogP contribution is 2.10. The van der Waals surface area contributed by atoms with Crippen LogP contribution in [0.5, 0.6) is 0 Å². The quantitative estimate of drug-likeness (QED) is 0.556. The van der Waals surface area contributed by atoms with E-state index in [9.17, 15) is 13.5 Å². The van der Waals surface area contributed by atoms with Gasteiger partial charge in [0.2, 0.25) is 0 Å². The molecular weight excluding hydrogens is 166 g/mol. The Morgan fingerprint density at radius 2 is 2.18 bits per heavy atom. The van der Waals surface area contributed by atoms with Gasteiger partial charge >= 0.3 is 0 Å². The Kier molecular flexibility index (Phi) is 2.51. The van der Waals surface area contributed by atoms with Crippen molar-refractivity contribution >= 4 is 9.84 Å². The summed E-state index contributed by atoms with van der Waals surface area (Å²) in [6.45, 7) is 2.38. The Hall–Kier alpha value is -0.130. The second kappa shape index (κ2) is 3.08. The van der Waals surface area contributed by atoms with Crippen molar-refractivity contribution in [1.82, 2.24) is 5.32 Å². The molecule has 2 atom stereocenters. The van der Waals surface area contributed by atoms with E-state index < -0.39 is 21.2 Å². The predicted molar refractivity (Wildman–Crippen MR) is 42.1 cm³/mol. The van der Waals surface area contributed by atoms with E-state index in [-0.39, 0.29) is 5.75 Å². The van der Waals surface area contributed by atoms with Gasteiger partial charge in [0.25, 0.3) is 0 Å². The molecule has 1 aliphatic heterocycles. The van der Waals surface area contributed by atoms with E-state index >= 15 is 0 Å². The van der Waals surface area contributed by atoms with Crippen LogP contribution in [0.4, 0.5) is 0 Å². The third-order valence-corrected chi connectivity index (χ3v) is 4.20. The molecule has 0 amide bonds. The van der Waals surface area contributed by atoms with Crippen LogP contribution in [0.1, 0.15) is 6.92 Å². The van der Waals surface area contributed by atoms with Gasteiger partial charge in [-0.15, -0.1) is 0 Å². The molecule has 1 rings (SSSR count). The minimum Gasteiger partial charge on any atom is -0.390 e. The van der Waals surface area contributed by atoms with Gasteiger partial charge in [0.1, 0.15) is 5.25 Å². The van der Waals surface area contributed by atoms with Gasteiger partial charge in [-0.25, -0.2) is 8.42 Å². The molecule has 5 heteroatoms. The first-order chi connectivity index (χ1) is 5.08. The Morgan fingerprint density at radius 3 is 2.55 bits per heavy atom. The summed E-state index contributed by atoms with van der Waals surface area (Å²) in [5.74, 6) is 0.108. The lowest BCUT2D eigenvalue weighted by atomic mass is 10.3. The van der Waals surface area contributed by atoms with Crippen LogP contribution in [0, 0.1) is 0 Å². The standard InChI is InChI=1S/C6H13NO3S/c1-2-11(9,10)6-4-7-3-5(6)8/h5-8H,2-4H2,1H3/t5-,6-/m1/s1. The fraction of sp³-hybridized carbons (Fsp3) is 1.00. The van der Waals surface area contributed by atoms with Gasteiger partial charge in [0, 0.05) is 18.8 Å². The molecule has 66 valence electrons. The molecule has 0 bridgehead atoms. The normalized spacial score (nSPS) is 32.5. The summed E-state index contributed by atoms with van der Waals surface area (Å²) in [4.78, 5) is 0. The van der Waals surface area contributed by atoms with Crippen LogP contribution in [0.3, 0.4) is 0 Å². The van der Waals surface area contributed by atoms with Crippen LogP contribution in [-0.2, 0) is 9.84 Å². The Balaban J connectivity index is 2.75. The van der Waals surface area contributed by atoms with Gasteiger partial charge in [0.15, 0.2) is 9.84 Å². The van der Waals surface area contributed by atoms with Crippen molar-refractivity contribution in [1.29, 1.82) is 0 Å². The van der Waals surface area contributed by atoms with E-state index in [2.05, 4.69) is 5.32 Å². The molecule has 1 heterocycles. The maximum atomic E-state index is 11.2. The smallest absolute Gasteiger partial charge is 0.156 e. The summed E-state index contributed by atoms with van der Waals surface area (Å²) in [6.07, 6.45) is -0.722. The zero-order chi connectivity index (χ0) is 8.48. The number of sulfone groups is 1. The zero-order valence-electron chi connectivity index (χ0n) is 6.45. The third-order valence-electron chi connectivity index (χ3n) is 1.99. The predicted octanol–water partition coefficient (Wildman–Crippen LogP) is -1.25. The number of β-amino-alcohol motifs (C(OH)–C–C–N with tert-alkyl or cyclic N) is 1. The first-order valence-corrected chi connectivity index (χ1v) is 5.40. The van der Waals surface area contributed by atoms with Crippen LogP contribution in [0.25, 0.3) is 0 Å². The molecule has 0 spiro atoms. The maximum Gasteiger partial charge on any atom is 0.156 e. The number of hydrogen-bond donors (Lipinski definition) is 2. The highest BCUT2D eigenvalue weighted by molar-refractivity contribution is 7.92. The van der Waals surface area contributed by atoms with Gasteiger partial charge in [-0.05, 0) is 0 Å². The average Bonchev–Trinajstić information content (AvgIpc) is 2.36. The lowest BCUT2D eigenvalue weighted by Gasteiger charge is -2.11. The van der Waals surface area contributed by atoms with Crippen molar-refractivity contribution in [2.24, 2.45) is 0 Å². The Bertz CT molecular complexity index is 224. The molecular formula is C6H13NO3S. The first-order valence-electron chi connectivity index (χ1n) is 3.68. The molecule has 0 radical (unpaired) electrons. The van der Waals surface area contributed by atoms with E-state index in [0.29, 0.717) is 13.1 Å². The SMILES string of the molecule is CCS(=O)(=O)[C@@H]1CNC[C@H]1O. The molecule has 0 aromatic heterocycles. The van der Waals surface area contributed by atoms with Gasteiger partial charge < -0.3 is 10.4 Å². The van der Waals surface area contributed by atoms with E-state index in [1.807, 2.05) is 0 Å². The summed E-state index contributed by atoms with van der Waals surface area (Å²) >= 11 is 0. The molecule has 1 saturated heterocycles. The van der Waals surface area contributed by atoms with Gasteiger partial charge in [-0.3, -0.25) is 0 Å². The van der Waals surface area contributed by atoms with Crippen molar-refractivity contribution in [3.05, 3.63) is 0 Å². The lowest BCUT2D eigenvalue weighted by molar-refractivity contribution is 0.198. The summed E-state index contributed by atoms with van der Waals surface area (Å²) < 4.78 is 22.4. The molecule has 0 aromatic rings. The van der Waals surface area contributed by atoms with E-state index in [1.165, 1.54) is 0 Å². The number of nitrogens with one attached hydrogen (secondary N) is 1. The van der Waals surface area contributed by atoms with Gasteiger partial charge in [0.05, 0.1) is 6.10 Å². The monoisotopic (exact) mass is 179 g/mol. The molecule has 1 aliphatic rings. The van der Waals surface area contributed by atoms with Gasteiger partial charge in [-0.2, -0.15) is 0 Å². The second-order valence-corrected chi connectivity index (χ2v) is 5.22. The molecule has 0 unspecified atom stereocenters. The number of hydrogen-bond acceptors (Lipinski definition) is 4. The fourth-order valence-electron chi connectivity index (χ4n) is 1.22. The minimum atomic E-state index is -3.06. The van der Waals surface area contributed by atoms with Crippen molar-refractivity contribution in [3.8, 4) is 0 Å². The molecule has 0 aliphatic carbocycles. The van der Waals surface area contributed by atoms with Crippen LogP contribution in [0.2, 0.25) is 0 Å². The van der Waals surface area contributed by atoms with Crippen LogP contribution in [0.15, 0.2) is 0 Å². The van der Waals surface area contributed by atoms with Crippen molar-refractivity contribution < 1.29 is 13.5 Å². The van der Waals surface area contributed by atoms with Crippen molar-refractivity contribution in [2.75, 3.05) is 18.8 Å². The molecule has 11 heavy (non-hydrogen) atoms. The van der Waals surface area contributed by atoms with Crippen LogP contribution in [-0.4, -0.2) is 43.7 Å². The zero-order valence-corrected chi connectivity index (χ0v) is 7.26. The number of aliphatic hydroxyl groups excluding tert-OH is 1. The van der Waals surface area contributed by atoms with Crippen LogP contribution < -0.4 is 5.32 Å². The van der Waals surface area contributed by atoms with E-state index in [1.54, 1.807) is 6.92 Å². The second-order valence-electron chi connectivity index (χ2n) is 2.72. The Morgan fingerprint density at radius 1 is 1.55 bits per heavy atom. The first kappa shape index (κ1) is 8.96. The summed E-state index contributed by atoms with van der Waals surface area (Å²) in [5.41, 5.74) is 0. The Labute approximate surface area is 66.5 Å². The lowest BCUT2D eigenvalue weighted by Crippen LogP contribution is -2.33. The minimum absolute atomic E-state index is 0.108. The average molecular weight is 179 g/mol.